The Kier molecular flexibility index (Phi) is 9.71. The monoisotopic (exact) mass is 541 g/mol. The van der Waals surface area contributed by atoms with Gasteiger partial charge >= 0.3 is 12.0 Å². The van der Waals surface area contributed by atoms with Gasteiger partial charge in [-0.2, -0.15) is 0 Å². The zero-order chi connectivity index (χ0) is 26.9. The molecule has 2 heterocycles. The van der Waals surface area contributed by atoms with Gasteiger partial charge in [-0.05, 0) is 30.2 Å². The second-order valence-corrected chi connectivity index (χ2v) is 9.61. The Morgan fingerprint density at radius 1 is 1.13 bits per heavy atom. The standard InChI is InChI=1S/C26H31N5O6S/c1-3-35-23(33)13-27-25(34)29-20-10-8-19(9-11-20)24-36-21(15-38-26-30-28-16-31(26)2)12-22(37-24)18-6-4-17(14-32)5-7-18/h4-11,16,21-22,24,32H,3,12-15H2,1-2H3,(H2,27,29,34). The number of aliphatic hydroxyl groups is 1. The van der Waals surface area contributed by atoms with Crippen molar-refractivity contribution < 1.29 is 28.9 Å². The van der Waals surface area contributed by atoms with Gasteiger partial charge in [-0.25, -0.2) is 4.79 Å². The van der Waals surface area contributed by atoms with Crippen LogP contribution in [-0.2, 0) is 32.7 Å². The highest BCUT2D eigenvalue weighted by Gasteiger charge is 2.32. The highest BCUT2D eigenvalue weighted by Crippen LogP contribution is 2.39. The van der Waals surface area contributed by atoms with Gasteiger partial charge in [-0.3, -0.25) is 4.79 Å². The van der Waals surface area contributed by atoms with E-state index in [1.165, 1.54) is 0 Å². The van der Waals surface area contributed by atoms with Crippen molar-refractivity contribution in [1.82, 2.24) is 20.1 Å². The lowest BCUT2D eigenvalue weighted by Crippen LogP contribution is -2.34. The smallest absolute Gasteiger partial charge is 0.325 e. The first-order valence-corrected chi connectivity index (χ1v) is 13.2. The highest BCUT2D eigenvalue weighted by molar-refractivity contribution is 7.99. The number of aromatic nitrogens is 3. The summed E-state index contributed by atoms with van der Waals surface area (Å²) in [7, 11) is 1.90. The van der Waals surface area contributed by atoms with E-state index in [1.54, 1.807) is 37.1 Å². The molecule has 1 aliphatic heterocycles. The summed E-state index contributed by atoms with van der Waals surface area (Å²) in [6.07, 6.45) is 1.36. The number of aliphatic hydroxyl groups excluding tert-OH is 1. The molecule has 3 N–H and O–H groups in total. The van der Waals surface area contributed by atoms with Gasteiger partial charge in [-0.15, -0.1) is 10.2 Å². The van der Waals surface area contributed by atoms with Gasteiger partial charge in [0.25, 0.3) is 0 Å². The Balaban J connectivity index is 1.43. The predicted molar refractivity (Wildman–Crippen MR) is 140 cm³/mol. The van der Waals surface area contributed by atoms with E-state index < -0.39 is 18.3 Å². The van der Waals surface area contributed by atoms with Gasteiger partial charge in [-0.1, -0.05) is 48.2 Å². The van der Waals surface area contributed by atoms with Crippen LogP contribution < -0.4 is 10.6 Å². The molecule has 2 amide bonds. The largest absolute Gasteiger partial charge is 0.465 e. The molecule has 0 aliphatic carbocycles. The second kappa shape index (κ2) is 13.4. The molecule has 1 aliphatic rings. The van der Waals surface area contributed by atoms with Crippen LogP contribution in [0.15, 0.2) is 60.0 Å². The van der Waals surface area contributed by atoms with Crippen LogP contribution in [0.3, 0.4) is 0 Å². The number of nitrogens with zero attached hydrogens (tertiary/aromatic N) is 3. The molecule has 0 radical (unpaired) electrons. The lowest BCUT2D eigenvalue weighted by molar-refractivity contribution is -0.245. The first-order valence-electron chi connectivity index (χ1n) is 12.2. The van der Waals surface area contributed by atoms with Crippen LogP contribution in [0, 0.1) is 0 Å². The number of aryl methyl sites for hydroxylation is 1. The van der Waals surface area contributed by atoms with Crippen LogP contribution >= 0.6 is 11.8 Å². The van der Waals surface area contributed by atoms with Crippen LogP contribution in [0.1, 0.15) is 42.4 Å². The van der Waals surface area contributed by atoms with Crippen molar-refractivity contribution in [1.29, 1.82) is 0 Å². The molecule has 3 unspecified atom stereocenters. The Bertz CT molecular complexity index is 1200. The van der Waals surface area contributed by atoms with Crippen LogP contribution in [0.2, 0.25) is 0 Å². The number of thioether (sulfide) groups is 1. The number of carbonyl (C=O) groups is 2. The molecule has 3 atom stereocenters. The summed E-state index contributed by atoms with van der Waals surface area (Å²) in [5.41, 5.74) is 3.19. The number of anilines is 1. The minimum atomic E-state index is -0.622. The van der Waals surface area contributed by atoms with Gasteiger partial charge in [0, 0.05) is 30.5 Å². The van der Waals surface area contributed by atoms with E-state index in [0.717, 1.165) is 21.8 Å². The van der Waals surface area contributed by atoms with Crippen LogP contribution in [0.4, 0.5) is 10.5 Å². The van der Waals surface area contributed by atoms with Crippen molar-refractivity contribution >= 4 is 29.4 Å². The number of nitrogens with one attached hydrogen (secondary N) is 2. The first-order chi connectivity index (χ1) is 18.4. The average Bonchev–Trinajstić information content (AvgIpc) is 3.35. The van der Waals surface area contributed by atoms with E-state index in [4.69, 9.17) is 14.2 Å². The summed E-state index contributed by atoms with van der Waals surface area (Å²) < 4.78 is 19.3. The van der Waals surface area contributed by atoms with Crippen LogP contribution in [0.25, 0.3) is 0 Å². The van der Waals surface area contributed by atoms with E-state index in [0.29, 0.717) is 17.9 Å². The maximum Gasteiger partial charge on any atom is 0.325 e. The van der Waals surface area contributed by atoms with E-state index >= 15 is 0 Å². The average molecular weight is 542 g/mol. The first kappa shape index (κ1) is 27.6. The van der Waals surface area contributed by atoms with Crippen molar-refractivity contribution in [3.8, 4) is 0 Å². The lowest BCUT2D eigenvalue weighted by atomic mass is 10.0. The molecule has 202 valence electrons. The van der Waals surface area contributed by atoms with Crippen molar-refractivity contribution in [2.24, 2.45) is 7.05 Å². The SMILES string of the molecule is CCOC(=O)CNC(=O)Nc1ccc(C2OC(CSc3nncn3C)CC(c3ccc(CO)cc3)O2)cc1. The van der Waals surface area contributed by atoms with E-state index in [-0.39, 0.29) is 32.0 Å². The summed E-state index contributed by atoms with van der Waals surface area (Å²) in [5.74, 6) is 0.162. The zero-order valence-electron chi connectivity index (χ0n) is 21.2. The molecule has 38 heavy (non-hydrogen) atoms. The van der Waals surface area contributed by atoms with Crippen molar-refractivity contribution in [2.75, 3.05) is 24.2 Å². The lowest BCUT2D eigenvalue weighted by Gasteiger charge is -2.36. The third-order valence-corrected chi connectivity index (χ3v) is 6.99. The summed E-state index contributed by atoms with van der Waals surface area (Å²) in [6.45, 7) is 1.72. The number of ether oxygens (including phenoxy) is 3. The molecular formula is C26H31N5O6S. The number of carbonyl (C=O) groups excluding carboxylic acids is 2. The minimum Gasteiger partial charge on any atom is -0.465 e. The highest BCUT2D eigenvalue weighted by atomic mass is 32.2. The fourth-order valence-corrected chi connectivity index (χ4v) is 4.76. The molecule has 4 rings (SSSR count). The third-order valence-electron chi connectivity index (χ3n) is 5.82. The molecule has 12 heteroatoms. The number of rotatable bonds is 10. The predicted octanol–water partition coefficient (Wildman–Crippen LogP) is 3.33. The maximum atomic E-state index is 12.1. The Hall–Kier alpha value is -3.45. The molecule has 1 saturated heterocycles. The number of hydrogen-bond donors (Lipinski definition) is 3. The Labute approximate surface area is 224 Å². The second-order valence-electron chi connectivity index (χ2n) is 8.62. The molecule has 1 aromatic heterocycles. The van der Waals surface area contributed by atoms with Crippen molar-refractivity contribution in [2.45, 2.75) is 43.6 Å². The summed E-state index contributed by atoms with van der Waals surface area (Å²) in [4.78, 5) is 23.5. The van der Waals surface area contributed by atoms with Gasteiger partial charge in [0.05, 0.1) is 25.4 Å². The molecule has 1 fully saturated rings. The molecule has 0 spiro atoms. The molecular weight excluding hydrogens is 510 g/mol. The van der Waals surface area contributed by atoms with Gasteiger partial charge in [0.2, 0.25) is 0 Å². The summed E-state index contributed by atoms with van der Waals surface area (Å²) in [5, 5.41) is 23.4. The zero-order valence-corrected chi connectivity index (χ0v) is 22.0. The van der Waals surface area contributed by atoms with E-state index in [9.17, 15) is 14.7 Å². The molecule has 0 bridgehead atoms. The number of urea groups is 1. The van der Waals surface area contributed by atoms with Crippen LogP contribution in [-0.4, -0.2) is 56.9 Å². The van der Waals surface area contributed by atoms with Gasteiger partial charge in [0.15, 0.2) is 11.4 Å². The van der Waals surface area contributed by atoms with Crippen molar-refractivity contribution in [3.63, 3.8) is 0 Å². The number of esters is 1. The normalized spacial score (nSPS) is 19.1. The van der Waals surface area contributed by atoms with Crippen LogP contribution in [0.5, 0.6) is 0 Å². The topological polar surface area (TPSA) is 137 Å². The van der Waals surface area contributed by atoms with E-state index in [2.05, 4.69) is 20.8 Å². The molecule has 0 saturated carbocycles. The fourth-order valence-electron chi connectivity index (χ4n) is 3.86. The molecule has 2 aromatic carbocycles. The maximum absolute atomic E-state index is 12.1. The molecule has 11 nitrogen and oxygen atoms in total. The third kappa shape index (κ3) is 7.54. The van der Waals surface area contributed by atoms with Crippen molar-refractivity contribution in [3.05, 3.63) is 71.5 Å². The fraction of sp³-hybridized carbons (Fsp3) is 0.385. The molecule has 3 aromatic rings. The summed E-state index contributed by atoms with van der Waals surface area (Å²) >= 11 is 1.57. The van der Waals surface area contributed by atoms with E-state index in [1.807, 2.05) is 48.0 Å². The Morgan fingerprint density at radius 2 is 1.87 bits per heavy atom. The minimum absolute atomic E-state index is 0.0181. The summed E-state index contributed by atoms with van der Waals surface area (Å²) in [6, 6.07) is 14.3. The van der Waals surface area contributed by atoms with Gasteiger partial charge in [0.1, 0.15) is 12.9 Å². The number of hydrogen-bond acceptors (Lipinski definition) is 9. The van der Waals surface area contributed by atoms with Gasteiger partial charge < -0.3 is 34.5 Å². The number of amides is 2. The number of benzene rings is 2. The Morgan fingerprint density at radius 3 is 2.53 bits per heavy atom. The quantitative estimate of drug-likeness (QED) is 0.261.